The van der Waals surface area contributed by atoms with Gasteiger partial charge >= 0.3 is 0 Å². The maximum Gasteiger partial charge on any atom is 0.127 e. The molecule has 0 radical (unpaired) electrons. The molecule has 0 aliphatic heterocycles. The van der Waals surface area contributed by atoms with E-state index in [-0.39, 0.29) is 10.8 Å². The van der Waals surface area contributed by atoms with Crippen LogP contribution in [-0.2, 0) is 17.3 Å². The second-order valence-corrected chi connectivity index (χ2v) is 14.5. The third kappa shape index (κ3) is 6.40. The Hall–Kier alpha value is -5.08. The van der Waals surface area contributed by atoms with E-state index in [0.717, 1.165) is 47.0 Å². The zero-order valence-corrected chi connectivity index (χ0v) is 28.9. The van der Waals surface area contributed by atoms with Gasteiger partial charge in [0.2, 0.25) is 0 Å². The topological polar surface area (TPSA) is 18.5 Å². The standard InChI is InChI=1S/C46H44O2/c1-31-7-17-38(18-8-31)46(6)30-45(4,5)44-28-34(12-26-43(44)46)27-37-29-42(21-11-33(37)3)48-41-24-15-36(16-25-41)35-13-22-40(23-14-35)47-39-19-9-32(2)10-20-39/h7-26,28-29H,27,30H2,1-6H3. The summed E-state index contributed by atoms with van der Waals surface area (Å²) in [5.41, 5.74) is 13.2. The zero-order chi connectivity index (χ0) is 33.5. The first-order valence-electron chi connectivity index (χ1n) is 17.0. The highest BCUT2D eigenvalue weighted by Crippen LogP contribution is 2.53. The second-order valence-electron chi connectivity index (χ2n) is 14.5. The number of aryl methyl sites for hydroxylation is 3. The van der Waals surface area contributed by atoms with E-state index in [4.69, 9.17) is 9.47 Å². The summed E-state index contributed by atoms with van der Waals surface area (Å²) >= 11 is 0. The Bertz CT molecular complexity index is 2050. The number of hydrogen-bond acceptors (Lipinski definition) is 2. The molecular formula is C46H44O2. The summed E-state index contributed by atoms with van der Waals surface area (Å²) in [6.45, 7) is 13.6. The largest absolute Gasteiger partial charge is 0.457 e. The molecule has 6 aromatic carbocycles. The Labute approximate surface area is 286 Å². The fourth-order valence-electron chi connectivity index (χ4n) is 7.43. The Morgan fingerprint density at radius 3 is 1.58 bits per heavy atom. The SMILES string of the molecule is Cc1ccc(Oc2ccc(-c3ccc(Oc4ccc(C)c(Cc5ccc6c(c5)C(C)(C)CC6(C)c5ccc(C)cc5)c4)cc3)cc2)cc1. The fourth-order valence-corrected chi connectivity index (χ4v) is 7.43. The van der Waals surface area contributed by atoms with Crippen LogP contribution >= 0.6 is 0 Å². The minimum atomic E-state index is 0.0177. The summed E-state index contributed by atoms with van der Waals surface area (Å²) in [6.07, 6.45) is 1.98. The smallest absolute Gasteiger partial charge is 0.127 e. The molecule has 1 atom stereocenters. The van der Waals surface area contributed by atoms with E-state index < -0.39 is 0 Å². The molecule has 0 fully saturated rings. The van der Waals surface area contributed by atoms with Crippen molar-refractivity contribution in [3.63, 3.8) is 0 Å². The lowest BCUT2D eigenvalue weighted by atomic mass is 9.75. The fraction of sp³-hybridized carbons (Fsp3) is 0.217. The van der Waals surface area contributed by atoms with Crippen molar-refractivity contribution in [2.75, 3.05) is 0 Å². The van der Waals surface area contributed by atoms with Crippen LogP contribution < -0.4 is 9.47 Å². The minimum absolute atomic E-state index is 0.0177. The molecule has 240 valence electrons. The van der Waals surface area contributed by atoms with Crippen LogP contribution in [0.4, 0.5) is 0 Å². The van der Waals surface area contributed by atoms with E-state index in [1.54, 1.807) is 0 Å². The quantitative estimate of drug-likeness (QED) is 0.167. The average molecular weight is 629 g/mol. The Kier molecular flexibility index (Phi) is 8.21. The van der Waals surface area contributed by atoms with Crippen molar-refractivity contribution in [3.8, 4) is 34.1 Å². The minimum Gasteiger partial charge on any atom is -0.457 e. The van der Waals surface area contributed by atoms with Crippen LogP contribution in [0.15, 0.2) is 133 Å². The van der Waals surface area contributed by atoms with Crippen LogP contribution in [0.25, 0.3) is 11.1 Å². The molecule has 0 saturated heterocycles. The molecule has 0 aromatic heterocycles. The van der Waals surface area contributed by atoms with Crippen LogP contribution in [0.5, 0.6) is 23.0 Å². The van der Waals surface area contributed by atoms with Crippen LogP contribution in [0, 0.1) is 20.8 Å². The normalized spacial score (nSPS) is 16.4. The van der Waals surface area contributed by atoms with Gasteiger partial charge in [-0.05, 0) is 132 Å². The van der Waals surface area contributed by atoms with Crippen LogP contribution in [0.3, 0.4) is 0 Å². The molecule has 0 saturated carbocycles. The second kappa shape index (κ2) is 12.5. The highest BCUT2D eigenvalue weighted by atomic mass is 16.5. The lowest BCUT2D eigenvalue weighted by Gasteiger charge is -2.28. The number of ether oxygens (including phenoxy) is 2. The first kappa shape index (κ1) is 31.5. The summed E-state index contributed by atoms with van der Waals surface area (Å²) in [5.74, 6) is 3.34. The molecule has 0 N–H and O–H groups in total. The number of hydrogen-bond donors (Lipinski definition) is 0. The number of rotatable bonds is 8. The van der Waals surface area contributed by atoms with E-state index in [9.17, 15) is 0 Å². The lowest BCUT2D eigenvalue weighted by molar-refractivity contribution is 0.425. The zero-order valence-electron chi connectivity index (χ0n) is 28.9. The van der Waals surface area contributed by atoms with Crippen LogP contribution in [-0.4, -0.2) is 0 Å². The predicted octanol–water partition coefficient (Wildman–Crippen LogP) is 12.4. The van der Waals surface area contributed by atoms with Gasteiger partial charge in [0.05, 0.1) is 0 Å². The summed E-state index contributed by atoms with van der Waals surface area (Å²) < 4.78 is 12.4. The van der Waals surface area contributed by atoms with Gasteiger partial charge in [-0.15, -0.1) is 0 Å². The molecule has 48 heavy (non-hydrogen) atoms. The molecule has 7 rings (SSSR count). The Morgan fingerprint density at radius 1 is 0.500 bits per heavy atom. The van der Waals surface area contributed by atoms with E-state index in [1.807, 2.05) is 36.4 Å². The summed E-state index contributed by atoms with van der Waals surface area (Å²) in [4.78, 5) is 0. The molecule has 1 aliphatic carbocycles. The van der Waals surface area contributed by atoms with Gasteiger partial charge in [0.15, 0.2) is 0 Å². The van der Waals surface area contributed by atoms with Gasteiger partial charge in [-0.25, -0.2) is 0 Å². The van der Waals surface area contributed by atoms with Crippen molar-refractivity contribution in [1.82, 2.24) is 0 Å². The third-order valence-electron chi connectivity index (χ3n) is 10.1. The van der Waals surface area contributed by atoms with E-state index in [0.29, 0.717) is 0 Å². The van der Waals surface area contributed by atoms with Gasteiger partial charge in [-0.1, -0.05) is 117 Å². The van der Waals surface area contributed by atoms with Gasteiger partial charge in [-0.3, -0.25) is 0 Å². The molecule has 0 amide bonds. The molecule has 6 aromatic rings. The van der Waals surface area contributed by atoms with Crippen molar-refractivity contribution in [2.45, 2.75) is 65.2 Å². The molecule has 1 unspecified atom stereocenters. The van der Waals surface area contributed by atoms with Gasteiger partial charge < -0.3 is 9.47 Å². The van der Waals surface area contributed by atoms with Crippen LogP contribution in [0.1, 0.15) is 71.7 Å². The van der Waals surface area contributed by atoms with Crippen molar-refractivity contribution in [1.29, 1.82) is 0 Å². The first-order valence-corrected chi connectivity index (χ1v) is 17.0. The molecule has 2 heteroatoms. The van der Waals surface area contributed by atoms with E-state index in [2.05, 4.69) is 139 Å². The number of fused-ring (bicyclic) bond motifs is 1. The monoisotopic (exact) mass is 628 g/mol. The first-order chi connectivity index (χ1) is 23.1. The molecule has 2 nitrogen and oxygen atoms in total. The third-order valence-corrected chi connectivity index (χ3v) is 10.1. The van der Waals surface area contributed by atoms with Gasteiger partial charge in [-0.2, -0.15) is 0 Å². The highest BCUT2D eigenvalue weighted by molar-refractivity contribution is 5.65. The van der Waals surface area contributed by atoms with Crippen molar-refractivity contribution in [2.24, 2.45) is 0 Å². The molecule has 1 aliphatic rings. The number of benzene rings is 6. The molecule has 0 spiro atoms. The molecule has 0 bridgehead atoms. The predicted molar refractivity (Wildman–Crippen MR) is 199 cm³/mol. The van der Waals surface area contributed by atoms with Crippen molar-refractivity contribution >= 4 is 0 Å². The summed E-state index contributed by atoms with van der Waals surface area (Å²) in [5, 5.41) is 0. The molecule has 0 heterocycles. The van der Waals surface area contributed by atoms with Crippen molar-refractivity contribution in [3.05, 3.63) is 178 Å². The Balaban J connectivity index is 1.05. The van der Waals surface area contributed by atoms with Crippen LogP contribution in [0.2, 0.25) is 0 Å². The van der Waals surface area contributed by atoms with Gasteiger partial charge in [0.1, 0.15) is 23.0 Å². The summed E-state index contributed by atoms with van der Waals surface area (Å²) in [6, 6.07) is 47.4. The molecular weight excluding hydrogens is 585 g/mol. The average Bonchev–Trinajstić information content (AvgIpc) is 3.29. The van der Waals surface area contributed by atoms with Crippen molar-refractivity contribution < 1.29 is 9.47 Å². The highest BCUT2D eigenvalue weighted by Gasteiger charge is 2.45. The van der Waals surface area contributed by atoms with Gasteiger partial charge in [0.25, 0.3) is 0 Å². The summed E-state index contributed by atoms with van der Waals surface area (Å²) in [7, 11) is 0. The van der Waals surface area contributed by atoms with Gasteiger partial charge in [0, 0.05) is 5.41 Å². The van der Waals surface area contributed by atoms with E-state index in [1.165, 1.54) is 44.5 Å². The maximum atomic E-state index is 6.37. The maximum absolute atomic E-state index is 6.37. The van der Waals surface area contributed by atoms with E-state index >= 15 is 0 Å². The Morgan fingerprint density at radius 2 is 1.00 bits per heavy atom. The lowest BCUT2D eigenvalue weighted by Crippen LogP contribution is -2.23.